The van der Waals surface area contributed by atoms with E-state index in [9.17, 15) is 43.3 Å². The highest BCUT2D eigenvalue weighted by Gasteiger charge is 2.48. The zero-order valence-electron chi connectivity index (χ0n) is 25.0. The number of nitrogens with zero attached hydrogens (tertiary/aromatic N) is 2. The Kier molecular flexibility index (Phi) is 10.6. The predicted molar refractivity (Wildman–Crippen MR) is 172 cm³/mol. The monoisotopic (exact) mass is 714 g/mol. The van der Waals surface area contributed by atoms with E-state index in [4.69, 9.17) is 0 Å². The summed E-state index contributed by atoms with van der Waals surface area (Å²) in [4.78, 5) is 31.1. The van der Waals surface area contributed by atoms with Gasteiger partial charge >= 0.3 is 0 Å². The quantitative estimate of drug-likeness (QED) is 0.235. The molecule has 0 bridgehead atoms. The van der Waals surface area contributed by atoms with Crippen molar-refractivity contribution in [2.24, 2.45) is 0 Å². The molecule has 2 aliphatic rings. The van der Waals surface area contributed by atoms with Crippen LogP contribution in [0.2, 0.25) is 0 Å². The lowest BCUT2D eigenvalue weighted by Crippen LogP contribution is -2.33. The van der Waals surface area contributed by atoms with Gasteiger partial charge < -0.3 is 9.80 Å². The highest BCUT2D eigenvalue weighted by atomic mass is 32.3. The average Bonchev–Trinajstić information content (AvgIpc) is 3.38. The van der Waals surface area contributed by atoms with Crippen molar-refractivity contribution in [2.45, 2.75) is 25.7 Å². The molecule has 2 aromatic carbocycles. The van der Waals surface area contributed by atoms with E-state index in [2.05, 4.69) is 0 Å². The van der Waals surface area contributed by atoms with Crippen molar-refractivity contribution in [1.29, 1.82) is 0 Å². The SMILES string of the molecule is CS(=O)(=O)NS(=O)(=O)CCCCN1C(=O)C2=C(c3ccccc3)N(CCCCS(=O)(=O)NS(C)(=O)=O)C(=O)C2=C1c1ccccc1. The maximum Gasteiger partial charge on any atom is 0.261 e. The molecule has 18 heteroatoms. The maximum absolute atomic E-state index is 14.1. The molecular weight excluding hydrogens is 681 g/mol. The number of benzene rings is 2. The molecule has 14 nitrogen and oxygen atoms in total. The van der Waals surface area contributed by atoms with Crippen LogP contribution in [0.15, 0.2) is 71.8 Å². The molecule has 250 valence electrons. The van der Waals surface area contributed by atoms with Crippen LogP contribution in [-0.2, 0) is 49.7 Å². The molecule has 2 aliphatic heterocycles. The Hall–Kier alpha value is -3.42. The fraction of sp³-hybridized carbons (Fsp3) is 0.357. The second-order valence-corrected chi connectivity index (χ2v) is 18.6. The molecule has 0 atom stereocenters. The summed E-state index contributed by atoms with van der Waals surface area (Å²) >= 11 is 0. The van der Waals surface area contributed by atoms with Crippen LogP contribution >= 0.6 is 0 Å². The van der Waals surface area contributed by atoms with Gasteiger partial charge in [-0.1, -0.05) is 60.7 Å². The first-order valence-electron chi connectivity index (χ1n) is 14.1. The second kappa shape index (κ2) is 13.7. The van der Waals surface area contributed by atoms with Crippen molar-refractivity contribution < 1.29 is 43.3 Å². The van der Waals surface area contributed by atoms with Crippen LogP contribution < -0.4 is 8.25 Å². The van der Waals surface area contributed by atoms with Crippen molar-refractivity contribution in [3.63, 3.8) is 0 Å². The molecular formula is C28H34N4O10S4. The molecule has 2 amide bonds. The summed E-state index contributed by atoms with van der Waals surface area (Å²) in [6, 6.07) is 17.5. The van der Waals surface area contributed by atoms with Crippen LogP contribution in [0.1, 0.15) is 36.8 Å². The van der Waals surface area contributed by atoms with Crippen LogP contribution in [0.4, 0.5) is 0 Å². The molecule has 2 N–H and O–H groups in total. The standard InChI is InChI=1S/C28H34N4O10S4/c1-43(35,36)29-45(39,40)19-11-9-17-31-25(21-13-5-3-6-14-21)23-24(27(31)33)26(22-15-7-4-8-16-22)32(28(23)34)18-10-12-20-46(41,42)30-44(2,37)38/h3-8,13-16,29-30H,9-12,17-20H2,1-2H3. The Balaban J connectivity index is 1.65. The molecule has 2 heterocycles. The summed E-state index contributed by atoms with van der Waals surface area (Å²) in [5.41, 5.74) is 2.17. The van der Waals surface area contributed by atoms with E-state index in [-0.39, 0.29) is 49.9 Å². The molecule has 0 fully saturated rings. The first kappa shape index (κ1) is 35.4. The van der Waals surface area contributed by atoms with Crippen LogP contribution in [0.25, 0.3) is 11.4 Å². The van der Waals surface area contributed by atoms with Crippen molar-refractivity contribution in [3.8, 4) is 0 Å². The van der Waals surface area contributed by atoms with Crippen molar-refractivity contribution in [2.75, 3.05) is 37.1 Å². The number of nitrogens with one attached hydrogen (secondary N) is 2. The van der Waals surface area contributed by atoms with Gasteiger partial charge in [-0.25, -0.2) is 33.7 Å². The first-order chi connectivity index (χ1) is 21.4. The number of hydrogen-bond donors (Lipinski definition) is 2. The minimum Gasteiger partial charge on any atom is -0.307 e. The van der Waals surface area contributed by atoms with E-state index < -0.39 is 63.4 Å². The van der Waals surface area contributed by atoms with Gasteiger partial charge in [-0.05, 0) is 36.8 Å². The highest BCUT2D eigenvalue weighted by Crippen LogP contribution is 2.46. The van der Waals surface area contributed by atoms with E-state index in [0.29, 0.717) is 22.5 Å². The number of carbonyl (C=O) groups is 2. The van der Waals surface area contributed by atoms with Crippen molar-refractivity contribution in [3.05, 3.63) is 82.9 Å². The lowest BCUT2D eigenvalue weighted by atomic mass is 10.0. The predicted octanol–water partition coefficient (Wildman–Crippen LogP) is 0.812. The number of fused-ring (bicyclic) bond motifs is 1. The molecule has 46 heavy (non-hydrogen) atoms. The molecule has 0 saturated heterocycles. The van der Waals surface area contributed by atoms with Gasteiger partial charge in [0.25, 0.3) is 11.8 Å². The molecule has 0 aromatic heterocycles. The third kappa shape index (κ3) is 8.89. The van der Waals surface area contributed by atoms with Crippen LogP contribution in [0.3, 0.4) is 0 Å². The van der Waals surface area contributed by atoms with Gasteiger partial charge in [0.05, 0.1) is 46.6 Å². The maximum atomic E-state index is 14.1. The average molecular weight is 715 g/mol. The largest absolute Gasteiger partial charge is 0.307 e. The number of hydrogen-bond acceptors (Lipinski definition) is 10. The zero-order valence-corrected chi connectivity index (χ0v) is 28.3. The molecule has 0 spiro atoms. The van der Waals surface area contributed by atoms with E-state index in [1.54, 1.807) is 68.9 Å². The molecule has 0 unspecified atom stereocenters. The Morgan fingerprint density at radius 3 is 1.15 bits per heavy atom. The smallest absolute Gasteiger partial charge is 0.261 e. The third-order valence-electron chi connectivity index (χ3n) is 6.92. The fourth-order valence-corrected chi connectivity index (χ4v) is 10.8. The normalized spacial score (nSPS) is 16.1. The highest BCUT2D eigenvalue weighted by molar-refractivity contribution is 8.04. The number of sulfonamides is 4. The topological polar surface area (TPSA) is 201 Å². The zero-order chi connectivity index (χ0) is 33.9. The van der Waals surface area contributed by atoms with E-state index in [1.165, 1.54) is 9.80 Å². The first-order valence-corrected chi connectivity index (χ1v) is 21.1. The summed E-state index contributed by atoms with van der Waals surface area (Å²) < 4.78 is 97.4. The lowest BCUT2D eigenvalue weighted by molar-refractivity contribution is -0.124. The second-order valence-electron chi connectivity index (χ2n) is 10.9. The van der Waals surface area contributed by atoms with Gasteiger partial charge in [0.2, 0.25) is 40.1 Å². The Morgan fingerprint density at radius 1 is 0.522 bits per heavy atom. The van der Waals surface area contributed by atoms with Gasteiger partial charge in [-0.2, -0.15) is 0 Å². The summed E-state index contributed by atoms with van der Waals surface area (Å²) in [6.45, 7) is 0.0933. The van der Waals surface area contributed by atoms with E-state index in [1.807, 2.05) is 0 Å². The third-order valence-corrected chi connectivity index (χ3v) is 13.0. The number of unbranched alkanes of at least 4 members (excludes halogenated alkanes) is 2. The Morgan fingerprint density at radius 2 is 0.848 bits per heavy atom. The minimum absolute atomic E-state index is 0.0355. The molecule has 2 aromatic rings. The molecule has 0 radical (unpaired) electrons. The van der Waals surface area contributed by atoms with Gasteiger partial charge in [0.1, 0.15) is 0 Å². The molecule has 0 saturated carbocycles. The van der Waals surface area contributed by atoms with Crippen LogP contribution in [-0.4, -0.2) is 92.4 Å². The van der Waals surface area contributed by atoms with E-state index >= 15 is 0 Å². The summed E-state index contributed by atoms with van der Waals surface area (Å²) in [5, 5.41) is 0. The van der Waals surface area contributed by atoms with Gasteiger partial charge in [0, 0.05) is 13.1 Å². The van der Waals surface area contributed by atoms with Gasteiger partial charge in [-0.15, -0.1) is 8.25 Å². The van der Waals surface area contributed by atoms with Crippen molar-refractivity contribution >= 4 is 63.3 Å². The Bertz CT molecular complexity index is 1860. The molecule has 0 aliphatic carbocycles. The van der Waals surface area contributed by atoms with Crippen LogP contribution in [0.5, 0.6) is 0 Å². The summed E-state index contributed by atoms with van der Waals surface area (Å²) in [5.74, 6) is -1.92. The fourth-order valence-electron chi connectivity index (χ4n) is 5.28. The van der Waals surface area contributed by atoms with Crippen LogP contribution in [0, 0.1) is 0 Å². The Labute approximate surface area is 269 Å². The number of carbonyl (C=O) groups excluding carboxylic acids is 2. The summed E-state index contributed by atoms with van der Waals surface area (Å²) in [6.07, 6.45) is 1.91. The van der Waals surface area contributed by atoms with Gasteiger partial charge in [0.15, 0.2) is 0 Å². The van der Waals surface area contributed by atoms with E-state index in [0.717, 1.165) is 12.5 Å². The lowest BCUT2D eigenvalue weighted by Gasteiger charge is -2.25. The van der Waals surface area contributed by atoms with Crippen molar-refractivity contribution in [1.82, 2.24) is 18.1 Å². The number of rotatable bonds is 16. The number of amides is 2. The molecule has 4 rings (SSSR count). The minimum atomic E-state index is -4.11. The van der Waals surface area contributed by atoms with Gasteiger partial charge in [-0.3, -0.25) is 9.59 Å². The summed E-state index contributed by atoms with van der Waals surface area (Å²) in [7, 11) is -16.2.